The second-order valence-corrected chi connectivity index (χ2v) is 21.7. The van der Waals surface area contributed by atoms with E-state index in [0.717, 1.165) is 54.5 Å². The van der Waals surface area contributed by atoms with Crippen LogP contribution in [0.5, 0.6) is 5.75 Å². The number of fused-ring (bicyclic) bond motifs is 1. The molecule has 0 atom stereocenters. The molecule has 0 radical (unpaired) electrons. The van der Waals surface area contributed by atoms with Gasteiger partial charge in [0.25, 0.3) is 0 Å². The molecule has 2 heterocycles. The number of phenolic OH excluding ortho intramolecular Hbond substituents is 1. The fraction of sp³-hybridized carbons (Fsp3) is 0.391. The fourth-order valence-corrected chi connectivity index (χ4v) is 9.84. The number of aromatic nitrogens is 3. The molecule has 0 aliphatic carbocycles. The van der Waals surface area contributed by atoms with E-state index >= 15 is 0 Å². The van der Waals surface area contributed by atoms with Crippen molar-refractivity contribution < 1.29 is 52.2 Å². The van der Waals surface area contributed by atoms with Crippen molar-refractivity contribution in [2.75, 3.05) is 0 Å². The molecule has 5 heteroatoms. The van der Waals surface area contributed by atoms with E-state index in [1.165, 1.54) is 0 Å². The molecule has 2 aromatic heterocycles. The van der Waals surface area contributed by atoms with Crippen LogP contribution in [0.25, 0.3) is 72.7 Å². The number of benzene rings is 6. The maximum Gasteiger partial charge on any atom is 0.148 e. The van der Waals surface area contributed by atoms with Gasteiger partial charge in [0.05, 0.1) is 29.1 Å². The number of pyridine rings is 1. The van der Waals surface area contributed by atoms with Crippen LogP contribution in [-0.2, 0) is 42.7 Å². The first kappa shape index (κ1) is 35.6. The average Bonchev–Trinajstić information content (AvgIpc) is 0.982. The third kappa shape index (κ3) is 10.6. The van der Waals surface area contributed by atoms with Crippen LogP contribution in [0, 0.1) is 12.9 Å². The minimum absolute atomic E-state index is 0. The Bertz CT molecular complexity index is 4090. The summed E-state index contributed by atoms with van der Waals surface area (Å²) in [5.41, 5.74) is 0.305. The van der Waals surface area contributed by atoms with E-state index in [1.54, 1.807) is 80.8 Å². The standard InChI is InChI=1S/C69H82N3O.Pt/c1-18-68(16,19-2)57-25-23-26-58(69(17,20-3)21-4)62(57)48-30-33-60(45(9)36-48)72-61-27-22-24-54(63(61)71-65(72)56-41-49(43(5)6)40-55(44(7)8)64(56)73)50-37-51(39-53(38-50)67(13,14)15)59-42-47(34-35-70-59)46-28-31-52(32-29-46)66(10,11)12;/h22-36,38-44,73H,18-21H2,1-17H3;/q-1;/i9D3,10D3,11D3,12D3,28D,31D,34D,35D,42D,43D,44D;. The number of aromatic hydroxyl groups is 1. The Morgan fingerprint density at radius 3 is 1.93 bits per heavy atom. The number of hydrogen-bond donors (Lipinski definition) is 1. The number of aryl methyl sites for hydroxylation is 1. The van der Waals surface area contributed by atoms with Crippen LogP contribution in [-0.4, -0.2) is 19.6 Å². The molecule has 0 saturated carbocycles. The molecule has 0 saturated heterocycles. The predicted molar refractivity (Wildman–Crippen MR) is 313 cm³/mol. The second kappa shape index (κ2) is 21.6. The molecular weight excluding hydrogens is 1080 g/mol. The monoisotopic (exact) mass is 1180 g/mol. The normalized spacial score (nSPS) is 17.2. The van der Waals surface area contributed by atoms with E-state index in [0.29, 0.717) is 38.9 Å². The summed E-state index contributed by atoms with van der Waals surface area (Å²) in [5, 5.41) is 12.6. The first-order valence-electron chi connectivity index (χ1n) is 35.0. The van der Waals surface area contributed by atoms with Gasteiger partial charge < -0.3 is 5.11 Å². The summed E-state index contributed by atoms with van der Waals surface area (Å²) in [5.74, 6) is -2.88. The van der Waals surface area contributed by atoms with Crippen molar-refractivity contribution in [3.8, 4) is 67.5 Å². The zero-order chi connectivity index (χ0) is 69.1. The molecule has 0 aliphatic rings. The molecule has 0 aliphatic heterocycles. The van der Waals surface area contributed by atoms with Crippen molar-refractivity contribution in [3.63, 3.8) is 0 Å². The molecule has 0 fully saturated rings. The largest absolute Gasteiger partial charge is 0.507 e. The summed E-state index contributed by atoms with van der Waals surface area (Å²) < 4.78 is 169. The van der Waals surface area contributed by atoms with E-state index in [1.807, 2.05) is 32.9 Å². The van der Waals surface area contributed by atoms with E-state index < -0.39 is 91.5 Å². The van der Waals surface area contributed by atoms with Gasteiger partial charge >= 0.3 is 0 Å². The Labute approximate surface area is 486 Å². The molecule has 0 amide bonds. The van der Waals surface area contributed by atoms with Crippen molar-refractivity contribution in [3.05, 3.63) is 166 Å². The van der Waals surface area contributed by atoms with E-state index in [2.05, 4.69) is 70.8 Å². The van der Waals surface area contributed by atoms with Gasteiger partial charge in [0.15, 0.2) is 0 Å². The average molecular weight is 1180 g/mol. The second-order valence-electron chi connectivity index (χ2n) is 21.7. The van der Waals surface area contributed by atoms with Crippen molar-refractivity contribution in [2.45, 2.75) is 177 Å². The molecule has 6 aromatic carbocycles. The topological polar surface area (TPSA) is 50.9 Å². The summed E-state index contributed by atoms with van der Waals surface area (Å²) in [6.07, 6.45) is 2.62. The van der Waals surface area contributed by atoms with Crippen LogP contribution >= 0.6 is 0 Å². The van der Waals surface area contributed by atoms with Crippen molar-refractivity contribution in [2.24, 2.45) is 0 Å². The first-order chi connectivity index (χ1) is 42.1. The van der Waals surface area contributed by atoms with Crippen molar-refractivity contribution in [1.29, 1.82) is 0 Å². The van der Waals surface area contributed by atoms with E-state index in [4.69, 9.17) is 21.4 Å². The summed E-state index contributed by atoms with van der Waals surface area (Å²) in [7, 11) is 0. The SMILES string of the molecule is [2H]c1nc(-c2[c-]c(-c3cccc4c3nc(-c3cc(C([2H])(C)C)cc(C([2H])(C)C)c3O)n4-c3ccc(-c4c(C(C)(CC)CC)cccc4C(C)(CC)CC)cc3C([2H])([2H])[2H])cc(C(C)(C)C)c2)c([2H])c(-c2ccc(C(C([2H])([2H])[2H])(C([2H])([2H])[2H])C([2H])([2H])[2H])c([2H])c2[2H])c1[2H].[Pt]. The Kier molecular flexibility index (Phi) is 10.4. The van der Waals surface area contributed by atoms with Gasteiger partial charge in [-0.1, -0.05) is 194 Å². The summed E-state index contributed by atoms with van der Waals surface area (Å²) >= 11 is 0. The Morgan fingerprint density at radius 1 is 0.676 bits per heavy atom. The maximum absolute atomic E-state index is 12.6. The van der Waals surface area contributed by atoms with Gasteiger partial charge in [-0.2, -0.15) is 0 Å². The zero-order valence-electron chi connectivity index (χ0n) is 64.1. The number of nitrogens with zero attached hydrogens (tertiary/aromatic N) is 3. The molecule has 0 spiro atoms. The predicted octanol–water partition coefficient (Wildman–Crippen LogP) is 19.6. The van der Waals surface area contributed by atoms with Crippen molar-refractivity contribution >= 4 is 11.0 Å². The number of phenols is 1. The molecule has 8 aromatic rings. The molecule has 390 valence electrons. The van der Waals surface area contributed by atoms with Gasteiger partial charge in [0.1, 0.15) is 11.6 Å². The van der Waals surface area contributed by atoms with Crippen LogP contribution in [0.3, 0.4) is 0 Å². The summed E-state index contributed by atoms with van der Waals surface area (Å²) in [6.45, 7) is 11.6. The minimum Gasteiger partial charge on any atom is -0.507 e. The van der Waals surface area contributed by atoms with Gasteiger partial charge in [-0.15, -0.1) is 29.3 Å². The first-order valence-corrected chi connectivity index (χ1v) is 25.5. The fourth-order valence-electron chi connectivity index (χ4n) is 9.84. The summed E-state index contributed by atoms with van der Waals surface area (Å²) in [6, 6.07) is 26.1. The third-order valence-corrected chi connectivity index (χ3v) is 15.5. The maximum atomic E-state index is 12.6. The number of hydrogen-bond acceptors (Lipinski definition) is 3. The number of rotatable bonds is 14. The third-order valence-electron chi connectivity index (χ3n) is 15.5. The van der Waals surface area contributed by atoms with Gasteiger partial charge in [-0.3, -0.25) is 9.55 Å². The molecule has 1 N–H and O–H groups in total. The Balaban J connectivity index is 0.0000123. The minimum atomic E-state index is -3.75. The molecule has 8 rings (SSSR count). The number of para-hydroxylation sites is 1. The zero-order valence-corrected chi connectivity index (χ0v) is 47.4. The van der Waals surface area contributed by atoms with Crippen molar-refractivity contribution in [1.82, 2.24) is 14.5 Å². The van der Waals surface area contributed by atoms with E-state index in [9.17, 15) is 14.7 Å². The molecule has 0 unspecified atom stereocenters. The van der Waals surface area contributed by atoms with Gasteiger partial charge in [-0.05, 0) is 152 Å². The summed E-state index contributed by atoms with van der Waals surface area (Å²) in [4.78, 5) is 9.82. The molecule has 4 nitrogen and oxygen atoms in total. The van der Waals surface area contributed by atoms with Crippen LogP contribution in [0.4, 0.5) is 0 Å². The van der Waals surface area contributed by atoms with Gasteiger partial charge in [-0.25, -0.2) is 4.98 Å². The van der Waals surface area contributed by atoms with E-state index in [-0.39, 0.29) is 82.7 Å². The van der Waals surface area contributed by atoms with Crippen LogP contribution in [0.15, 0.2) is 121 Å². The van der Waals surface area contributed by atoms with Crippen LogP contribution < -0.4 is 0 Å². The molecule has 0 bridgehead atoms. The quantitative estimate of drug-likeness (QED) is 0.110. The van der Waals surface area contributed by atoms with Crippen LogP contribution in [0.1, 0.15) is 213 Å². The number of imidazole rings is 1. The molecule has 74 heavy (non-hydrogen) atoms. The van der Waals surface area contributed by atoms with Crippen LogP contribution in [0.2, 0.25) is 0 Å². The Hall–Kier alpha value is -5.57. The van der Waals surface area contributed by atoms with Gasteiger partial charge in [0, 0.05) is 52.1 Å². The van der Waals surface area contributed by atoms with Gasteiger partial charge in [0.2, 0.25) is 0 Å². The smallest absolute Gasteiger partial charge is 0.148 e. The Morgan fingerprint density at radius 2 is 1.32 bits per heavy atom. The molecular formula is C69H82N3OPt-.